The van der Waals surface area contributed by atoms with Crippen LogP contribution in [0.25, 0.3) is 21.2 Å². The molecular formula is C22H19F4N5S. The largest absolute Gasteiger partial charge is 0.433 e. The fraction of sp³-hybridized carbons (Fsp3) is 0.227. The van der Waals surface area contributed by atoms with Crippen molar-refractivity contribution in [2.24, 2.45) is 5.73 Å². The summed E-state index contributed by atoms with van der Waals surface area (Å²) >= 11 is 1.45. The van der Waals surface area contributed by atoms with Crippen molar-refractivity contribution in [2.45, 2.75) is 25.6 Å². The molecule has 4 aromatic rings. The number of pyridine rings is 2. The van der Waals surface area contributed by atoms with Crippen LogP contribution in [0.1, 0.15) is 17.0 Å². The molecule has 10 heteroatoms. The Morgan fingerprint density at radius 2 is 1.88 bits per heavy atom. The van der Waals surface area contributed by atoms with Crippen molar-refractivity contribution in [3.8, 4) is 10.4 Å². The third-order valence-electron chi connectivity index (χ3n) is 4.88. The Balaban J connectivity index is 1.41. The summed E-state index contributed by atoms with van der Waals surface area (Å²) in [5, 5.41) is 5.47. The molecule has 166 valence electrons. The monoisotopic (exact) mass is 461 g/mol. The van der Waals surface area contributed by atoms with E-state index in [4.69, 9.17) is 5.73 Å². The number of halogens is 4. The highest BCUT2D eigenvalue weighted by Gasteiger charge is 2.32. The quantitative estimate of drug-likeness (QED) is 0.305. The van der Waals surface area contributed by atoms with Gasteiger partial charge in [0, 0.05) is 36.4 Å². The van der Waals surface area contributed by atoms with Crippen LogP contribution in [0, 0.1) is 12.9 Å². The first-order chi connectivity index (χ1) is 15.2. The van der Waals surface area contributed by atoms with E-state index in [2.05, 4.69) is 20.3 Å². The molecule has 0 spiro atoms. The number of hydrogen-bond donors (Lipinski definition) is 2. The second kappa shape index (κ2) is 8.79. The van der Waals surface area contributed by atoms with Gasteiger partial charge in [-0.15, -0.1) is 0 Å². The van der Waals surface area contributed by atoms with Gasteiger partial charge >= 0.3 is 6.18 Å². The molecule has 3 aromatic heterocycles. The van der Waals surface area contributed by atoms with Crippen LogP contribution in [-0.2, 0) is 12.6 Å². The molecule has 1 atom stereocenters. The number of thiazole rings is 1. The lowest BCUT2D eigenvalue weighted by molar-refractivity contribution is -0.141. The molecule has 0 amide bonds. The van der Waals surface area contributed by atoms with Gasteiger partial charge in [0.2, 0.25) is 5.95 Å². The van der Waals surface area contributed by atoms with Crippen LogP contribution in [0.4, 0.5) is 22.7 Å². The van der Waals surface area contributed by atoms with E-state index in [9.17, 15) is 17.6 Å². The van der Waals surface area contributed by atoms with Crippen molar-refractivity contribution in [3.63, 3.8) is 0 Å². The summed E-state index contributed by atoms with van der Waals surface area (Å²) in [4.78, 5) is 12.6. The van der Waals surface area contributed by atoms with Crippen molar-refractivity contribution in [3.05, 3.63) is 71.7 Å². The van der Waals surface area contributed by atoms with Gasteiger partial charge in [0.05, 0.1) is 10.6 Å². The number of fused-ring (bicyclic) bond motifs is 1. The Morgan fingerprint density at radius 1 is 1.06 bits per heavy atom. The first-order valence-corrected chi connectivity index (χ1v) is 10.6. The third-order valence-corrected chi connectivity index (χ3v) is 6.04. The standard InChI is InChI=1S/C22H19F4N5S/c1-12-20(14-3-4-15-10-29-19(23)8-16(15)7-14)32-21(31-12)30-11-17(27)6-13-2-5-18(28-9-13)22(24,25)26/h2-5,7-10,17H,6,11,27H2,1H3,(H,30,31)/t17-/m0/s1. The second-order valence-electron chi connectivity index (χ2n) is 7.40. The van der Waals surface area contributed by atoms with E-state index in [0.717, 1.165) is 33.0 Å². The summed E-state index contributed by atoms with van der Waals surface area (Å²) < 4.78 is 51.3. The fourth-order valence-corrected chi connectivity index (χ4v) is 4.27. The Hall–Kier alpha value is -3.11. The number of alkyl halides is 3. The van der Waals surface area contributed by atoms with Crippen LogP contribution >= 0.6 is 11.3 Å². The van der Waals surface area contributed by atoms with E-state index in [1.54, 1.807) is 0 Å². The number of aromatic nitrogens is 3. The van der Waals surface area contributed by atoms with Crippen LogP contribution in [0.3, 0.4) is 0 Å². The minimum Gasteiger partial charge on any atom is -0.360 e. The topological polar surface area (TPSA) is 76.7 Å². The number of anilines is 1. The molecule has 0 aliphatic heterocycles. The average molecular weight is 461 g/mol. The third kappa shape index (κ3) is 5.03. The summed E-state index contributed by atoms with van der Waals surface area (Å²) in [6.45, 7) is 2.28. The van der Waals surface area contributed by atoms with Gasteiger partial charge < -0.3 is 11.1 Å². The molecule has 0 unspecified atom stereocenters. The molecule has 0 fully saturated rings. The number of nitrogens with zero attached hydrogens (tertiary/aromatic N) is 3. The zero-order chi connectivity index (χ0) is 22.9. The molecule has 32 heavy (non-hydrogen) atoms. The van der Waals surface area contributed by atoms with Crippen molar-refractivity contribution in [2.75, 3.05) is 11.9 Å². The minimum absolute atomic E-state index is 0.336. The molecule has 0 radical (unpaired) electrons. The summed E-state index contributed by atoms with van der Waals surface area (Å²) in [7, 11) is 0. The number of nitrogens with one attached hydrogen (secondary N) is 1. The maximum Gasteiger partial charge on any atom is 0.433 e. The van der Waals surface area contributed by atoms with Crippen molar-refractivity contribution >= 4 is 27.2 Å². The van der Waals surface area contributed by atoms with Gasteiger partial charge in [-0.05, 0) is 42.0 Å². The van der Waals surface area contributed by atoms with E-state index in [0.29, 0.717) is 23.7 Å². The molecule has 0 saturated carbocycles. The molecule has 0 bridgehead atoms. The lowest BCUT2D eigenvalue weighted by atomic mass is 10.1. The predicted octanol–water partition coefficient (Wildman–Crippen LogP) is 5.20. The highest BCUT2D eigenvalue weighted by molar-refractivity contribution is 7.19. The highest BCUT2D eigenvalue weighted by atomic mass is 32.1. The summed E-state index contributed by atoms with van der Waals surface area (Å²) in [6.07, 6.45) is -1.39. The molecule has 3 heterocycles. The molecule has 4 rings (SSSR count). The van der Waals surface area contributed by atoms with Gasteiger partial charge in [-0.3, -0.25) is 4.98 Å². The fourth-order valence-electron chi connectivity index (χ4n) is 3.30. The number of rotatable bonds is 6. The Morgan fingerprint density at radius 3 is 2.59 bits per heavy atom. The van der Waals surface area contributed by atoms with Gasteiger partial charge in [-0.2, -0.15) is 17.6 Å². The number of hydrogen-bond acceptors (Lipinski definition) is 6. The van der Waals surface area contributed by atoms with Crippen molar-refractivity contribution in [1.29, 1.82) is 0 Å². The molecule has 5 nitrogen and oxygen atoms in total. The number of nitrogens with two attached hydrogens (primary N) is 1. The highest BCUT2D eigenvalue weighted by Crippen LogP contribution is 2.34. The zero-order valence-corrected chi connectivity index (χ0v) is 17.8. The van der Waals surface area contributed by atoms with E-state index < -0.39 is 17.8 Å². The van der Waals surface area contributed by atoms with Crippen molar-refractivity contribution < 1.29 is 17.6 Å². The van der Waals surface area contributed by atoms with E-state index >= 15 is 0 Å². The first-order valence-electron chi connectivity index (χ1n) is 9.74. The molecular weight excluding hydrogens is 442 g/mol. The van der Waals surface area contributed by atoms with Gasteiger partial charge in [0.25, 0.3) is 0 Å². The van der Waals surface area contributed by atoms with Crippen LogP contribution in [0.5, 0.6) is 0 Å². The Bertz CT molecular complexity index is 1240. The van der Waals surface area contributed by atoms with E-state index in [1.807, 2.05) is 25.1 Å². The Labute approximate surface area is 185 Å². The Kier molecular flexibility index (Phi) is 6.07. The maximum atomic E-state index is 13.5. The first kappa shape index (κ1) is 22.1. The molecule has 0 aliphatic carbocycles. The smallest absolute Gasteiger partial charge is 0.360 e. The lowest BCUT2D eigenvalue weighted by Crippen LogP contribution is -2.31. The average Bonchev–Trinajstić information content (AvgIpc) is 3.12. The van der Waals surface area contributed by atoms with E-state index in [-0.39, 0.29) is 6.04 Å². The number of benzene rings is 1. The van der Waals surface area contributed by atoms with Crippen LogP contribution in [-0.4, -0.2) is 27.5 Å². The second-order valence-corrected chi connectivity index (χ2v) is 8.40. The van der Waals surface area contributed by atoms with Gasteiger partial charge in [-0.25, -0.2) is 9.97 Å². The maximum absolute atomic E-state index is 13.5. The van der Waals surface area contributed by atoms with Crippen LogP contribution < -0.4 is 11.1 Å². The van der Waals surface area contributed by atoms with Gasteiger partial charge in [-0.1, -0.05) is 29.5 Å². The summed E-state index contributed by atoms with van der Waals surface area (Å²) in [5.41, 5.74) is 7.58. The van der Waals surface area contributed by atoms with Crippen molar-refractivity contribution in [1.82, 2.24) is 15.0 Å². The minimum atomic E-state index is -4.46. The van der Waals surface area contributed by atoms with Crippen LogP contribution in [0.2, 0.25) is 0 Å². The normalized spacial score (nSPS) is 12.8. The molecule has 3 N–H and O–H groups in total. The van der Waals surface area contributed by atoms with Gasteiger partial charge in [0.15, 0.2) is 5.13 Å². The lowest BCUT2D eigenvalue weighted by Gasteiger charge is -2.12. The summed E-state index contributed by atoms with van der Waals surface area (Å²) in [5.74, 6) is -0.532. The van der Waals surface area contributed by atoms with E-state index in [1.165, 1.54) is 35.9 Å². The molecule has 0 aliphatic rings. The van der Waals surface area contributed by atoms with Gasteiger partial charge in [0.1, 0.15) is 5.69 Å². The number of aryl methyl sites for hydroxylation is 1. The predicted molar refractivity (Wildman–Crippen MR) is 117 cm³/mol. The van der Waals surface area contributed by atoms with Crippen LogP contribution in [0.15, 0.2) is 48.8 Å². The summed E-state index contributed by atoms with van der Waals surface area (Å²) in [6, 6.07) is 9.12. The molecule has 0 saturated heterocycles. The zero-order valence-electron chi connectivity index (χ0n) is 16.9. The molecule has 1 aromatic carbocycles. The SMILES string of the molecule is Cc1nc(NC[C@@H](N)Cc2ccc(C(F)(F)F)nc2)sc1-c1ccc2cnc(F)cc2c1.